The Kier molecular flexibility index (Phi) is 5.18. The van der Waals surface area contributed by atoms with E-state index in [4.69, 9.17) is 22.1 Å². The van der Waals surface area contributed by atoms with Crippen LogP contribution in [0.25, 0.3) is 0 Å². The van der Waals surface area contributed by atoms with Crippen molar-refractivity contribution >= 4 is 51.8 Å². The molecule has 0 amide bonds. The van der Waals surface area contributed by atoms with Crippen molar-refractivity contribution in [1.29, 1.82) is 0 Å². The number of anilines is 3. The number of hydrogen-bond donors (Lipinski definition) is 2. The van der Waals surface area contributed by atoms with Crippen LogP contribution < -0.4 is 15.8 Å². The fourth-order valence-electron chi connectivity index (χ4n) is 1.40. The number of benzene rings is 1. The average molecular weight is 406 g/mol. The third kappa shape index (κ3) is 4.07. The molecule has 2 aromatic rings. The molecule has 1 heterocycles. The monoisotopic (exact) mass is 405 g/mol. The molecule has 0 saturated carbocycles. The minimum atomic E-state index is 0.109. The summed E-state index contributed by atoms with van der Waals surface area (Å²) in [6.07, 6.45) is 0.865. The molecule has 0 fully saturated rings. The van der Waals surface area contributed by atoms with E-state index in [9.17, 15) is 0 Å². The third-order valence-electron chi connectivity index (χ3n) is 2.25. The third-order valence-corrected chi connectivity index (χ3v) is 3.37. The molecule has 0 aliphatic heterocycles. The number of nitrogens with two attached hydrogens (primary N) is 1. The van der Waals surface area contributed by atoms with E-state index in [-0.39, 0.29) is 12.0 Å². The average Bonchev–Trinajstić information content (AvgIpc) is 2.39. The lowest BCUT2D eigenvalue weighted by atomic mass is 10.3. The van der Waals surface area contributed by atoms with Crippen LogP contribution in [-0.4, -0.2) is 21.6 Å². The number of nitrogen functional groups attached to an aromatic ring is 1. The molecule has 0 unspecified atom stereocenters. The molecular formula is C12H13ClIN5O. The van der Waals surface area contributed by atoms with Gasteiger partial charge in [-0.2, -0.15) is 15.0 Å². The Morgan fingerprint density at radius 1 is 1.35 bits per heavy atom. The van der Waals surface area contributed by atoms with Crippen molar-refractivity contribution in [3.8, 4) is 6.01 Å². The summed E-state index contributed by atoms with van der Waals surface area (Å²) in [4.78, 5) is 12.1. The summed E-state index contributed by atoms with van der Waals surface area (Å²) in [5.41, 5.74) is 6.48. The van der Waals surface area contributed by atoms with E-state index in [1.54, 1.807) is 6.07 Å². The minimum Gasteiger partial charge on any atom is -0.463 e. The normalized spacial score (nSPS) is 10.3. The molecule has 0 atom stereocenters. The van der Waals surface area contributed by atoms with Crippen LogP contribution in [0.4, 0.5) is 17.6 Å². The predicted octanol–water partition coefficient (Wildman–Crippen LogP) is 3.24. The van der Waals surface area contributed by atoms with Gasteiger partial charge >= 0.3 is 6.01 Å². The number of ether oxygens (including phenoxy) is 1. The summed E-state index contributed by atoms with van der Waals surface area (Å²) >= 11 is 8.09. The minimum absolute atomic E-state index is 0.109. The molecule has 0 radical (unpaired) electrons. The Morgan fingerprint density at radius 3 is 2.85 bits per heavy atom. The predicted molar refractivity (Wildman–Crippen MR) is 87.5 cm³/mol. The van der Waals surface area contributed by atoms with Gasteiger partial charge in [-0.05, 0) is 47.2 Å². The molecule has 3 N–H and O–H groups in total. The van der Waals surface area contributed by atoms with Crippen molar-refractivity contribution in [2.45, 2.75) is 13.3 Å². The second-order valence-electron chi connectivity index (χ2n) is 3.90. The van der Waals surface area contributed by atoms with Gasteiger partial charge in [0.2, 0.25) is 11.9 Å². The molecule has 1 aromatic heterocycles. The van der Waals surface area contributed by atoms with Gasteiger partial charge in [0.1, 0.15) is 0 Å². The summed E-state index contributed by atoms with van der Waals surface area (Å²) in [5, 5.41) is 3.74. The first kappa shape index (κ1) is 15.0. The van der Waals surface area contributed by atoms with E-state index in [0.717, 1.165) is 15.7 Å². The molecule has 0 spiro atoms. The van der Waals surface area contributed by atoms with Crippen LogP contribution >= 0.6 is 34.2 Å². The summed E-state index contributed by atoms with van der Waals surface area (Å²) in [6.45, 7) is 2.53. The van der Waals surface area contributed by atoms with Gasteiger partial charge in [0.05, 0.1) is 12.3 Å². The molecule has 1 aromatic carbocycles. The first-order valence-corrected chi connectivity index (χ1v) is 7.40. The van der Waals surface area contributed by atoms with Crippen LogP contribution in [0.15, 0.2) is 18.2 Å². The Morgan fingerprint density at radius 2 is 2.15 bits per heavy atom. The smallest absolute Gasteiger partial charge is 0.323 e. The highest BCUT2D eigenvalue weighted by Crippen LogP contribution is 2.24. The highest BCUT2D eigenvalue weighted by atomic mass is 127. The Bertz CT molecular complexity index is 610. The SMILES string of the molecule is CCCOc1nc(N)nc(Nc2ccc(Cl)cc2I)n1. The largest absolute Gasteiger partial charge is 0.463 e. The van der Waals surface area contributed by atoms with Gasteiger partial charge < -0.3 is 15.8 Å². The van der Waals surface area contributed by atoms with Crippen molar-refractivity contribution < 1.29 is 4.74 Å². The van der Waals surface area contributed by atoms with E-state index in [1.807, 2.05) is 19.1 Å². The molecule has 0 saturated heterocycles. The van der Waals surface area contributed by atoms with Crippen LogP contribution in [0.2, 0.25) is 5.02 Å². The number of aromatic nitrogens is 3. The lowest BCUT2D eigenvalue weighted by molar-refractivity contribution is 0.292. The topological polar surface area (TPSA) is 86.0 Å². The molecule has 20 heavy (non-hydrogen) atoms. The number of nitrogens with zero attached hydrogens (tertiary/aromatic N) is 3. The van der Waals surface area contributed by atoms with Crippen LogP contribution in [0.3, 0.4) is 0 Å². The summed E-state index contributed by atoms with van der Waals surface area (Å²) < 4.78 is 6.31. The molecule has 8 heteroatoms. The number of hydrogen-bond acceptors (Lipinski definition) is 6. The zero-order valence-electron chi connectivity index (χ0n) is 10.7. The fourth-order valence-corrected chi connectivity index (χ4v) is 2.40. The van der Waals surface area contributed by atoms with Crippen molar-refractivity contribution in [2.75, 3.05) is 17.7 Å². The Labute approximate surface area is 135 Å². The maximum absolute atomic E-state index is 5.91. The molecule has 0 bridgehead atoms. The van der Waals surface area contributed by atoms with Crippen molar-refractivity contribution in [2.24, 2.45) is 0 Å². The maximum atomic E-state index is 5.91. The molecule has 106 valence electrons. The van der Waals surface area contributed by atoms with Crippen molar-refractivity contribution in [3.05, 3.63) is 26.8 Å². The van der Waals surface area contributed by atoms with E-state index >= 15 is 0 Å². The first-order valence-electron chi connectivity index (χ1n) is 5.95. The van der Waals surface area contributed by atoms with Crippen LogP contribution in [-0.2, 0) is 0 Å². The van der Waals surface area contributed by atoms with Gasteiger partial charge in [0.25, 0.3) is 0 Å². The lowest BCUT2D eigenvalue weighted by Crippen LogP contribution is -2.07. The molecular weight excluding hydrogens is 393 g/mol. The zero-order chi connectivity index (χ0) is 14.5. The van der Waals surface area contributed by atoms with Crippen LogP contribution in [0.5, 0.6) is 6.01 Å². The van der Waals surface area contributed by atoms with E-state index in [0.29, 0.717) is 17.6 Å². The Balaban J connectivity index is 2.21. The quantitative estimate of drug-likeness (QED) is 0.743. The second-order valence-corrected chi connectivity index (χ2v) is 5.50. The number of rotatable bonds is 5. The standard InChI is InChI=1S/C12H13ClIN5O/c1-2-5-20-12-18-10(15)17-11(19-12)16-9-4-3-7(13)6-8(9)14/h3-4,6H,2,5H2,1H3,(H3,15,16,17,18,19). The van der Waals surface area contributed by atoms with Gasteiger partial charge in [-0.25, -0.2) is 0 Å². The number of nitrogens with one attached hydrogen (secondary N) is 1. The fraction of sp³-hybridized carbons (Fsp3) is 0.250. The van der Waals surface area contributed by atoms with Gasteiger partial charge in [0, 0.05) is 8.59 Å². The molecule has 0 aliphatic carbocycles. The summed E-state index contributed by atoms with van der Waals surface area (Å²) in [7, 11) is 0. The molecule has 6 nitrogen and oxygen atoms in total. The van der Waals surface area contributed by atoms with Gasteiger partial charge in [0.15, 0.2) is 0 Å². The summed E-state index contributed by atoms with van der Waals surface area (Å²) in [6, 6.07) is 5.68. The van der Waals surface area contributed by atoms with Crippen LogP contribution in [0, 0.1) is 3.57 Å². The van der Waals surface area contributed by atoms with Crippen molar-refractivity contribution in [3.63, 3.8) is 0 Å². The second kappa shape index (κ2) is 6.89. The van der Waals surface area contributed by atoms with Gasteiger partial charge in [-0.1, -0.05) is 18.5 Å². The van der Waals surface area contributed by atoms with Gasteiger partial charge in [-0.15, -0.1) is 0 Å². The molecule has 0 aliphatic rings. The highest BCUT2D eigenvalue weighted by molar-refractivity contribution is 14.1. The lowest BCUT2D eigenvalue weighted by Gasteiger charge is -2.09. The van der Waals surface area contributed by atoms with Crippen molar-refractivity contribution in [1.82, 2.24) is 15.0 Å². The Hall–Kier alpha value is -1.35. The molecule has 2 rings (SSSR count). The van der Waals surface area contributed by atoms with Gasteiger partial charge in [-0.3, -0.25) is 0 Å². The zero-order valence-corrected chi connectivity index (χ0v) is 13.6. The maximum Gasteiger partial charge on any atom is 0.323 e. The summed E-state index contributed by atoms with van der Waals surface area (Å²) in [5.74, 6) is 0.446. The van der Waals surface area contributed by atoms with E-state index < -0.39 is 0 Å². The first-order chi connectivity index (χ1) is 9.58. The van der Waals surface area contributed by atoms with E-state index in [1.165, 1.54) is 0 Å². The highest BCUT2D eigenvalue weighted by Gasteiger charge is 2.07. The number of halogens is 2. The van der Waals surface area contributed by atoms with E-state index in [2.05, 4.69) is 42.9 Å². The van der Waals surface area contributed by atoms with Crippen LogP contribution in [0.1, 0.15) is 13.3 Å².